The van der Waals surface area contributed by atoms with Crippen LogP contribution >= 0.6 is 0 Å². The smallest absolute Gasteiger partial charge is 0.197 e. The number of benzene rings is 1. The monoisotopic (exact) mass is 362 g/mol. The lowest BCUT2D eigenvalue weighted by Crippen LogP contribution is -2.46. The average molecular weight is 362 g/mol. The first kappa shape index (κ1) is 18.9. The summed E-state index contributed by atoms with van der Waals surface area (Å²) < 4.78 is 30.8. The Bertz CT molecular complexity index is 752. The summed E-state index contributed by atoms with van der Waals surface area (Å²) in [5.41, 5.74) is 1.44. The summed E-state index contributed by atoms with van der Waals surface area (Å²) in [5.74, 6) is 1.72. The maximum Gasteiger partial charge on any atom is 0.197 e. The van der Waals surface area contributed by atoms with Gasteiger partial charge in [-0.1, -0.05) is 19.9 Å². The lowest BCUT2D eigenvalue weighted by atomic mass is 9.82. The van der Waals surface area contributed by atoms with E-state index in [1.165, 1.54) is 7.11 Å². The van der Waals surface area contributed by atoms with Gasteiger partial charge in [-0.25, -0.2) is 9.37 Å². The number of aromatic nitrogens is 1. The molecule has 1 aliphatic rings. The van der Waals surface area contributed by atoms with E-state index in [1.807, 2.05) is 13.0 Å². The highest BCUT2D eigenvalue weighted by Crippen LogP contribution is 2.35. The van der Waals surface area contributed by atoms with Crippen molar-refractivity contribution in [2.24, 2.45) is 0 Å². The standard InChI is InChI=1S/C20H27FN2O3/c1-13(2)19-23-14(3)18(26-19)12-22-20(7-9-25-10-8-20)15-5-6-17(24-4)16(21)11-15/h5-6,11,13,22H,7-10,12H2,1-4H3. The van der Waals surface area contributed by atoms with Crippen molar-refractivity contribution in [2.45, 2.75) is 51.6 Å². The highest BCUT2D eigenvalue weighted by Gasteiger charge is 2.35. The summed E-state index contributed by atoms with van der Waals surface area (Å²) in [6.45, 7) is 7.88. The molecule has 1 aromatic heterocycles. The third-order valence-corrected chi connectivity index (χ3v) is 5.04. The Morgan fingerprint density at radius 2 is 2.04 bits per heavy atom. The number of aryl methyl sites for hydroxylation is 1. The molecule has 26 heavy (non-hydrogen) atoms. The van der Waals surface area contributed by atoms with E-state index in [9.17, 15) is 4.39 Å². The van der Waals surface area contributed by atoms with Crippen molar-refractivity contribution in [1.29, 1.82) is 0 Å². The Morgan fingerprint density at radius 1 is 1.31 bits per heavy atom. The minimum absolute atomic E-state index is 0.246. The summed E-state index contributed by atoms with van der Waals surface area (Å²) in [6, 6.07) is 5.16. The molecule has 1 N–H and O–H groups in total. The maximum atomic E-state index is 14.3. The normalized spacial score (nSPS) is 16.8. The second-order valence-corrected chi connectivity index (χ2v) is 7.11. The number of hydrogen-bond acceptors (Lipinski definition) is 5. The number of nitrogens with zero attached hydrogens (tertiary/aromatic N) is 1. The van der Waals surface area contributed by atoms with Crippen LogP contribution in [0, 0.1) is 12.7 Å². The second-order valence-electron chi connectivity index (χ2n) is 7.11. The van der Waals surface area contributed by atoms with Crippen molar-refractivity contribution < 1.29 is 18.3 Å². The molecule has 0 radical (unpaired) electrons. The number of oxazole rings is 1. The number of ether oxygens (including phenoxy) is 2. The molecule has 3 rings (SSSR count). The fraction of sp³-hybridized carbons (Fsp3) is 0.550. The summed E-state index contributed by atoms with van der Waals surface area (Å²) in [6.07, 6.45) is 1.53. The molecule has 2 aromatic rings. The highest BCUT2D eigenvalue weighted by molar-refractivity contribution is 5.34. The zero-order chi connectivity index (χ0) is 18.7. The molecule has 2 heterocycles. The molecule has 142 valence electrons. The molecule has 1 fully saturated rings. The van der Waals surface area contributed by atoms with Gasteiger partial charge < -0.3 is 19.2 Å². The van der Waals surface area contributed by atoms with Crippen LogP contribution in [0.3, 0.4) is 0 Å². The molecule has 1 aromatic carbocycles. The Hall–Kier alpha value is -1.92. The minimum atomic E-state index is -0.359. The van der Waals surface area contributed by atoms with Gasteiger partial charge in [0.1, 0.15) is 5.76 Å². The topological polar surface area (TPSA) is 56.5 Å². The fourth-order valence-corrected chi connectivity index (χ4v) is 3.36. The zero-order valence-electron chi connectivity index (χ0n) is 15.9. The first-order chi connectivity index (χ1) is 12.4. The van der Waals surface area contributed by atoms with Gasteiger partial charge in [0.15, 0.2) is 17.5 Å². The number of halogens is 1. The first-order valence-corrected chi connectivity index (χ1v) is 9.08. The van der Waals surface area contributed by atoms with Crippen molar-refractivity contribution in [3.05, 3.63) is 46.9 Å². The third-order valence-electron chi connectivity index (χ3n) is 5.04. The van der Waals surface area contributed by atoms with Gasteiger partial charge in [-0.3, -0.25) is 0 Å². The molecule has 5 nitrogen and oxygen atoms in total. The van der Waals surface area contributed by atoms with Crippen molar-refractivity contribution in [2.75, 3.05) is 20.3 Å². The van der Waals surface area contributed by atoms with E-state index in [4.69, 9.17) is 13.9 Å². The van der Waals surface area contributed by atoms with Crippen molar-refractivity contribution in [3.63, 3.8) is 0 Å². The van der Waals surface area contributed by atoms with Crippen LogP contribution in [0.15, 0.2) is 22.6 Å². The summed E-state index contributed by atoms with van der Waals surface area (Å²) in [4.78, 5) is 4.50. The molecule has 0 unspecified atom stereocenters. The van der Waals surface area contributed by atoms with Gasteiger partial charge in [0, 0.05) is 24.7 Å². The van der Waals surface area contributed by atoms with Crippen LogP contribution in [-0.2, 0) is 16.8 Å². The maximum absolute atomic E-state index is 14.3. The molecule has 0 bridgehead atoms. The molecule has 0 atom stereocenters. The molecule has 1 saturated heterocycles. The predicted octanol–water partition coefficient (Wildman–Crippen LogP) is 4.05. The van der Waals surface area contributed by atoms with Gasteiger partial charge in [0.25, 0.3) is 0 Å². The van der Waals surface area contributed by atoms with Crippen LogP contribution in [0.2, 0.25) is 0 Å². The number of methoxy groups -OCH3 is 1. The van der Waals surface area contributed by atoms with Crippen LogP contribution in [0.25, 0.3) is 0 Å². The average Bonchev–Trinajstić information content (AvgIpc) is 3.02. The summed E-state index contributed by atoms with van der Waals surface area (Å²) >= 11 is 0. The van der Waals surface area contributed by atoms with E-state index < -0.39 is 0 Å². The van der Waals surface area contributed by atoms with E-state index in [0.717, 1.165) is 35.7 Å². The van der Waals surface area contributed by atoms with Gasteiger partial charge in [-0.2, -0.15) is 0 Å². The van der Waals surface area contributed by atoms with Crippen LogP contribution in [0.5, 0.6) is 5.75 Å². The van der Waals surface area contributed by atoms with E-state index in [0.29, 0.717) is 19.8 Å². The Kier molecular flexibility index (Phi) is 5.63. The zero-order valence-corrected chi connectivity index (χ0v) is 15.9. The Labute approximate surface area is 153 Å². The largest absolute Gasteiger partial charge is 0.494 e. The quantitative estimate of drug-likeness (QED) is 0.840. The summed E-state index contributed by atoms with van der Waals surface area (Å²) in [7, 11) is 1.47. The molecule has 0 saturated carbocycles. The van der Waals surface area contributed by atoms with Crippen LogP contribution in [-0.4, -0.2) is 25.3 Å². The first-order valence-electron chi connectivity index (χ1n) is 9.08. The van der Waals surface area contributed by atoms with Crippen molar-refractivity contribution in [1.82, 2.24) is 10.3 Å². The fourth-order valence-electron chi connectivity index (χ4n) is 3.36. The second kappa shape index (κ2) is 7.76. The number of hydrogen-bond donors (Lipinski definition) is 1. The van der Waals surface area contributed by atoms with E-state index in [2.05, 4.69) is 24.1 Å². The van der Waals surface area contributed by atoms with Crippen molar-refractivity contribution >= 4 is 0 Å². The van der Waals surface area contributed by atoms with Gasteiger partial charge >= 0.3 is 0 Å². The molecule has 0 aliphatic carbocycles. The molecule has 1 aliphatic heterocycles. The Balaban J connectivity index is 1.85. The molecule has 0 spiro atoms. The third kappa shape index (κ3) is 3.76. The lowest BCUT2D eigenvalue weighted by molar-refractivity contribution is 0.0348. The number of nitrogens with one attached hydrogen (secondary N) is 1. The predicted molar refractivity (Wildman–Crippen MR) is 96.9 cm³/mol. The SMILES string of the molecule is COc1ccc(C2(NCc3oc(C(C)C)nc3C)CCOCC2)cc1F. The number of rotatable bonds is 6. The van der Waals surface area contributed by atoms with E-state index in [-0.39, 0.29) is 23.0 Å². The minimum Gasteiger partial charge on any atom is -0.494 e. The van der Waals surface area contributed by atoms with E-state index >= 15 is 0 Å². The van der Waals surface area contributed by atoms with Gasteiger partial charge in [0.05, 0.1) is 19.3 Å². The van der Waals surface area contributed by atoms with Crippen LogP contribution < -0.4 is 10.1 Å². The molecular weight excluding hydrogens is 335 g/mol. The Morgan fingerprint density at radius 3 is 2.62 bits per heavy atom. The van der Waals surface area contributed by atoms with Gasteiger partial charge in [-0.05, 0) is 37.5 Å². The van der Waals surface area contributed by atoms with Crippen LogP contribution in [0.4, 0.5) is 4.39 Å². The summed E-state index contributed by atoms with van der Waals surface area (Å²) in [5, 5.41) is 3.60. The van der Waals surface area contributed by atoms with Gasteiger partial charge in [-0.15, -0.1) is 0 Å². The molecular formula is C20H27FN2O3. The van der Waals surface area contributed by atoms with Gasteiger partial charge in [0.2, 0.25) is 0 Å². The highest BCUT2D eigenvalue weighted by atomic mass is 19.1. The van der Waals surface area contributed by atoms with Crippen molar-refractivity contribution in [3.8, 4) is 5.75 Å². The van der Waals surface area contributed by atoms with E-state index in [1.54, 1.807) is 12.1 Å². The van der Waals surface area contributed by atoms with Crippen LogP contribution in [0.1, 0.15) is 55.5 Å². The molecule has 0 amide bonds. The molecule has 6 heteroatoms. The lowest BCUT2D eigenvalue weighted by Gasteiger charge is -2.38.